The van der Waals surface area contributed by atoms with Crippen molar-refractivity contribution in [2.75, 3.05) is 0 Å². The first-order valence-electron chi connectivity index (χ1n) is 4.87. The van der Waals surface area contributed by atoms with E-state index < -0.39 is 0 Å². The third-order valence-electron chi connectivity index (χ3n) is 2.01. The molecule has 2 heterocycles. The van der Waals surface area contributed by atoms with Crippen LogP contribution in [0.3, 0.4) is 0 Å². The Hall–Kier alpha value is -1.72. The smallest absolute Gasteiger partial charge is 0.258 e. The van der Waals surface area contributed by atoms with Gasteiger partial charge in [-0.2, -0.15) is 0 Å². The fraction of sp³-hybridized carbons (Fsp3) is 0. The van der Waals surface area contributed by atoms with Crippen LogP contribution in [0, 0.1) is 10.1 Å². The van der Waals surface area contributed by atoms with E-state index in [0.717, 1.165) is 9.75 Å². The summed E-state index contributed by atoms with van der Waals surface area (Å²) < 4.78 is 0. The second kappa shape index (κ2) is 5.56. The van der Waals surface area contributed by atoms with Gasteiger partial charge in [0, 0.05) is 21.9 Å². The van der Waals surface area contributed by atoms with E-state index in [1.54, 1.807) is 23.5 Å². The van der Waals surface area contributed by atoms with Gasteiger partial charge in [0.2, 0.25) is 0 Å². The van der Waals surface area contributed by atoms with Gasteiger partial charge in [0.1, 0.15) is 0 Å². The molecule has 0 saturated heterocycles. The Kier molecular flexibility index (Phi) is 3.85. The number of nitrogens with zero attached hydrogens (tertiary/aromatic N) is 1. The van der Waals surface area contributed by atoms with Gasteiger partial charge >= 0.3 is 0 Å². The van der Waals surface area contributed by atoms with Crippen LogP contribution in [0.25, 0.3) is 12.2 Å². The molecule has 0 fully saturated rings. The lowest BCUT2D eigenvalue weighted by molar-refractivity contribution is -0.417. The van der Waals surface area contributed by atoms with Crippen molar-refractivity contribution in [3.05, 3.63) is 66.7 Å². The second-order valence-corrected chi connectivity index (χ2v) is 5.15. The van der Waals surface area contributed by atoms with Crippen molar-refractivity contribution in [1.29, 1.82) is 0 Å². The van der Waals surface area contributed by atoms with E-state index in [1.807, 2.05) is 35.0 Å². The molecule has 5 heteroatoms. The molecule has 0 bridgehead atoms. The number of allylic oxidation sites excluding steroid dienone is 1. The molecular weight excluding hydrogens is 254 g/mol. The maximum atomic E-state index is 10.9. The number of hydrogen-bond donors (Lipinski definition) is 0. The maximum absolute atomic E-state index is 10.9. The van der Waals surface area contributed by atoms with Crippen molar-refractivity contribution in [1.82, 2.24) is 0 Å². The van der Waals surface area contributed by atoms with Crippen molar-refractivity contribution in [3.8, 4) is 0 Å². The highest BCUT2D eigenvalue weighted by molar-refractivity contribution is 7.11. The van der Waals surface area contributed by atoms with Crippen LogP contribution in [0.15, 0.2) is 46.8 Å². The summed E-state index contributed by atoms with van der Waals surface area (Å²) in [5.41, 5.74) is 0.0980. The first kappa shape index (κ1) is 11.8. The Balaban J connectivity index is 2.22. The van der Waals surface area contributed by atoms with Gasteiger partial charge in [-0.3, -0.25) is 10.1 Å². The molecule has 86 valence electrons. The lowest BCUT2D eigenvalue weighted by atomic mass is 10.3. The summed E-state index contributed by atoms with van der Waals surface area (Å²) in [6.45, 7) is 0. The van der Waals surface area contributed by atoms with Crippen LogP contribution >= 0.6 is 22.7 Å². The minimum absolute atomic E-state index is 0.0980. The molecule has 0 aliphatic heterocycles. The summed E-state index contributed by atoms with van der Waals surface area (Å²) in [4.78, 5) is 12.4. The predicted molar refractivity (Wildman–Crippen MR) is 72.6 cm³/mol. The summed E-state index contributed by atoms with van der Waals surface area (Å²) in [5, 5.41) is 14.7. The topological polar surface area (TPSA) is 43.1 Å². The van der Waals surface area contributed by atoms with E-state index in [2.05, 4.69) is 0 Å². The summed E-state index contributed by atoms with van der Waals surface area (Å²) in [5.74, 6) is 0. The summed E-state index contributed by atoms with van der Waals surface area (Å²) >= 11 is 3.03. The Labute approximate surface area is 107 Å². The molecule has 3 nitrogen and oxygen atoms in total. The van der Waals surface area contributed by atoms with E-state index in [-0.39, 0.29) is 10.6 Å². The molecule has 0 saturated carbocycles. The average Bonchev–Trinajstić information content (AvgIpc) is 2.97. The number of nitro groups is 1. The van der Waals surface area contributed by atoms with Crippen molar-refractivity contribution < 1.29 is 4.92 Å². The third-order valence-corrected chi connectivity index (χ3v) is 3.66. The molecule has 0 spiro atoms. The van der Waals surface area contributed by atoms with Gasteiger partial charge < -0.3 is 0 Å². The van der Waals surface area contributed by atoms with Crippen LogP contribution in [-0.2, 0) is 0 Å². The largest absolute Gasteiger partial charge is 0.270 e. The minimum Gasteiger partial charge on any atom is -0.258 e. The van der Waals surface area contributed by atoms with Gasteiger partial charge in [-0.15, -0.1) is 22.7 Å². The molecular formula is C12H9NO2S2. The van der Waals surface area contributed by atoms with Crippen molar-refractivity contribution in [3.63, 3.8) is 0 Å². The van der Waals surface area contributed by atoms with Gasteiger partial charge in [-0.1, -0.05) is 12.1 Å². The minimum atomic E-state index is -0.371. The Bertz CT molecular complexity index is 539. The van der Waals surface area contributed by atoms with Crippen LogP contribution < -0.4 is 0 Å². The summed E-state index contributed by atoms with van der Waals surface area (Å²) in [6.07, 6.45) is 4.87. The summed E-state index contributed by atoms with van der Waals surface area (Å²) in [7, 11) is 0. The first-order valence-corrected chi connectivity index (χ1v) is 6.63. The number of rotatable bonds is 4. The van der Waals surface area contributed by atoms with E-state index in [0.29, 0.717) is 0 Å². The summed E-state index contributed by atoms with van der Waals surface area (Å²) in [6, 6.07) is 7.56. The van der Waals surface area contributed by atoms with Gasteiger partial charge in [-0.25, -0.2) is 0 Å². The molecule has 0 N–H and O–H groups in total. The molecule has 0 aliphatic carbocycles. The Morgan fingerprint density at radius 2 is 1.82 bits per heavy atom. The molecule has 0 unspecified atom stereocenters. The molecule has 2 aromatic rings. The molecule has 0 aliphatic rings. The SMILES string of the molecule is O=[N+]([O-])C(/C=C/c1cccs1)=C/c1cccs1. The van der Waals surface area contributed by atoms with Crippen LogP contribution in [-0.4, -0.2) is 4.92 Å². The zero-order valence-electron chi connectivity index (χ0n) is 8.78. The lowest BCUT2D eigenvalue weighted by Gasteiger charge is -1.90. The molecule has 17 heavy (non-hydrogen) atoms. The zero-order valence-corrected chi connectivity index (χ0v) is 10.4. The van der Waals surface area contributed by atoms with Crippen molar-refractivity contribution in [2.45, 2.75) is 0 Å². The normalized spacial score (nSPS) is 12.1. The predicted octanol–water partition coefficient (Wildman–Crippen LogP) is 4.14. The fourth-order valence-electron chi connectivity index (χ4n) is 1.23. The van der Waals surface area contributed by atoms with E-state index in [4.69, 9.17) is 0 Å². The lowest BCUT2D eigenvalue weighted by Crippen LogP contribution is -1.94. The standard InChI is InChI=1S/C12H9NO2S2/c14-13(15)10(9-12-4-2-8-17-12)5-6-11-3-1-7-16-11/h1-9H/b6-5+,10-9+. The first-order chi connectivity index (χ1) is 8.25. The molecule has 2 rings (SSSR count). The quantitative estimate of drug-likeness (QED) is 0.472. The van der Waals surface area contributed by atoms with Crippen LogP contribution in [0.5, 0.6) is 0 Å². The molecule has 0 aromatic carbocycles. The molecule has 0 atom stereocenters. The van der Waals surface area contributed by atoms with E-state index in [9.17, 15) is 10.1 Å². The van der Waals surface area contributed by atoms with Crippen molar-refractivity contribution in [2.24, 2.45) is 0 Å². The van der Waals surface area contributed by atoms with Gasteiger partial charge in [0.05, 0.1) is 4.92 Å². The monoisotopic (exact) mass is 263 g/mol. The number of hydrogen-bond acceptors (Lipinski definition) is 4. The second-order valence-electron chi connectivity index (χ2n) is 3.19. The zero-order chi connectivity index (χ0) is 12.1. The van der Waals surface area contributed by atoms with Crippen LogP contribution in [0.1, 0.15) is 9.75 Å². The van der Waals surface area contributed by atoms with Crippen molar-refractivity contribution >= 4 is 34.8 Å². The maximum Gasteiger partial charge on any atom is 0.270 e. The fourth-order valence-corrected chi connectivity index (χ4v) is 2.51. The van der Waals surface area contributed by atoms with E-state index >= 15 is 0 Å². The highest BCUT2D eigenvalue weighted by Gasteiger charge is 2.06. The Morgan fingerprint density at radius 3 is 2.35 bits per heavy atom. The van der Waals surface area contributed by atoms with E-state index in [1.165, 1.54) is 17.4 Å². The van der Waals surface area contributed by atoms with Crippen LogP contribution in [0.4, 0.5) is 0 Å². The van der Waals surface area contributed by atoms with Gasteiger partial charge in [0.25, 0.3) is 5.70 Å². The molecule has 0 radical (unpaired) electrons. The Morgan fingerprint density at radius 1 is 1.18 bits per heavy atom. The van der Waals surface area contributed by atoms with Gasteiger partial charge in [0.15, 0.2) is 0 Å². The average molecular weight is 263 g/mol. The number of thiophene rings is 2. The highest BCUT2D eigenvalue weighted by Crippen LogP contribution is 2.16. The highest BCUT2D eigenvalue weighted by atomic mass is 32.1. The van der Waals surface area contributed by atoms with Crippen LogP contribution in [0.2, 0.25) is 0 Å². The van der Waals surface area contributed by atoms with Gasteiger partial charge in [-0.05, 0) is 29.0 Å². The molecule has 2 aromatic heterocycles. The molecule has 0 amide bonds. The third kappa shape index (κ3) is 3.37.